The maximum Gasteiger partial charge on any atom is 0.0928 e. The highest BCUT2D eigenvalue weighted by Crippen LogP contribution is 2.41. The van der Waals surface area contributed by atoms with Crippen molar-refractivity contribution in [3.63, 3.8) is 0 Å². The van der Waals surface area contributed by atoms with E-state index < -0.39 is 0 Å². The summed E-state index contributed by atoms with van der Waals surface area (Å²) in [6, 6.07) is 9.49. The second-order valence-corrected chi connectivity index (χ2v) is 6.01. The summed E-state index contributed by atoms with van der Waals surface area (Å²) >= 11 is 3.51. The second-order valence-electron chi connectivity index (χ2n) is 5.15. The van der Waals surface area contributed by atoms with Gasteiger partial charge in [0.25, 0.3) is 0 Å². The molecule has 92 valence electrons. The van der Waals surface area contributed by atoms with Crippen molar-refractivity contribution in [2.45, 2.75) is 43.9 Å². The predicted molar refractivity (Wildman–Crippen MR) is 71.9 cm³/mol. The van der Waals surface area contributed by atoms with Gasteiger partial charge in [0.15, 0.2) is 0 Å². The first-order valence-corrected chi connectivity index (χ1v) is 7.25. The molecule has 1 heterocycles. The molecule has 3 unspecified atom stereocenters. The predicted octanol–water partition coefficient (Wildman–Crippen LogP) is 3.11. The van der Waals surface area contributed by atoms with Crippen LogP contribution in [0.1, 0.15) is 37.4 Å². The number of benzene rings is 1. The highest BCUT2D eigenvalue weighted by atomic mass is 79.9. The van der Waals surface area contributed by atoms with E-state index in [1.54, 1.807) is 0 Å². The van der Waals surface area contributed by atoms with Gasteiger partial charge >= 0.3 is 0 Å². The minimum atomic E-state index is -0.365. The van der Waals surface area contributed by atoms with Crippen LogP contribution in [0.3, 0.4) is 0 Å². The maximum absolute atomic E-state index is 10.3. The van der Waals surface area contributed by atoms with Gasteiger partial charge < -0.3 is 5.11 Å². The lowest BCUT2D eigenvalue weighted by Crippen LogP contribution is -2.14. The SMILES string of the molecule is OC(CN1C2CCCCC21)c1ccccc1Br. The van der Waals surface area contributed by atoms with Gasteiger partial charge in [0.2, 0.25) is 0 Å². The summed E-state index contributed by atoms with van der Waals surface area (Å²) in [4.78, 5) is 2.47. The number of rotatable bonds is 3. The molecule has 2 aliphatic rings. The Morgan fingerprint density at radius 3 is 2.53 bits per heavy atom. The smallest absolute Gasteiger partial charge is 0.0928 e. The van der Waals surface area contributed by atoms with Crippen LogP contribution in [0.2, 0.25) is 0 Å². The third-order valence-electron chi connectivity index (χ3n) is 4.10. The third-order valence-corrected chi connectivity index (χ3v) is 4.83. The number of fused-ring (bicyclic) bond motifs is 1. The van der Waals surface area contributed by atoms with E-state index in [0.717, 1.165) is 28.7 Å². The summed E-state index contributed by atoms with van der Waals surface area (Å²) in [6.45, 7) is 0.790. The molecule has 0 aromatic heterocycles. The van der Waals surface area contributed by atoms with Gasteiger partial charge in [-0.1, -0.05) is 47.0 Å². The van der Waals surface area contributed by atoms with Gasteiger partial charge in [-0.2, -0.15) is 0 Å². The van der Waals surface area contributed by atoms with E-state index in [1.807, 2.05) is 24.3 Å². The van der Waals surface area contributed by atoms with Gasteiger partial charge in [0.05, 0.1) is 6.10 Å². The Kier molecular flexibility index (Phi) is 3.24. The molecule has 0 amide bonds. The number of hydrogen-bond donors (Lipinski definition) is 1. The van der Waals surface area contributed by atoms with Crippen LogP contribution in [-0.4, -0.2) is 28.6 Å². The first-order chi connectivity index (χ1) is 8.27. The molecule has 1 aliphatic heterocycles. The molecule has 1 saturated heterocycles. The molecule has 2 nitrogen and oxygen atoms in total. The molecule has 1 aromatic carbocycles. The van der Waals surface area contributed by atoms with Crippen molar-refractivity contribution in [2.75, 3.05) is 6.54 Å². The van der Waals surface area contributed by atoms with Crippen molar-refractivity contribution in [2.24, 2.45) is 0 Å². The normalized spacial score (nSPS) is 32.9. The summed E-state index contributed by atoms with van der Waals surface area (Å²) in [5.41, 5.74) is 1.01. The molecule has 1 aliphatic carbocycles. The topological polar surface area (TPSA) is 23.2 Å². The number of β-amino-alcohol motifs (C(OH)–C–C–N with tert-alkyl or cyclic N) is 1. The van der Waals surface area contributed by atoms with E-state index in [1.165, 1.54) is 25.7 Å². The Labute approximate surface area is 111 Å². The van der Waals surface area contributed by atoms with E-state index in [-0.39, 0.29) is 6.10 Å². The fourth-order valence-electron chi connectivity index (χ4n) is 3.13. The van der Waals surface area contributed by atoms with E-state index in [2.05, 4.69) is 20.8 Å². The number of aliphatic hydroxyl groups excluding tert-OH is 1. The number of halogens is 1. The Hall–Kier alpha value is -0.380. The fourth-order valence-corrected chi connectivity index (χ4v) is 3.68. The summed E-state index contributed by atoms with van der Waals surface area (Å²) in [5.74, 6) is 0. The van der Waals surface area contributed by atoms with Gasteiger partial charge in [-0.15, -0.1) is 0 Å². The summed E-state index contributed by atoms with van der Waals surface area (Å²) in [7, 11) is 0. The van der Waals surface area contributed by atoms with Crippen molar-refractivity contribution in [3.8, 4) is 0 Å². The molecule has 1 N–H and O–H groups in total. The van der Waals surface area contributed by atoms with Crippen molar-refractivity contribution in [1.82, 2.24) is 4.90 Å². The maximum atomic E-state index is 10.3. The van der Waals surface area contributed by atoms with Gasteiger partial charge in [-0.3, -0.25) is 4.90 Å². The molecule has 1 aromatic rings. The number of hydrogen-bond acceptors (Lipinski definition) is 2. The second kappa shape index (κ2) is 4.71. The van der Waals surface area contributed by atoms with Crippen LogP contribution < -0.4 is 0 Å². The Balaban J connectivity index is 1.64. The molecule has 0 radical (unpaired) electrons. The molecule has 17 heavy (non-hydrogen) atoms. The van der Waals surface area contributed by atoms with E-state index in [9.17, 15) is 5.11 Å². The van der Waals surface area contributed by atoms with Gasteiger partial charge in [-0.25, -0.2) is 0 Å². The van der Waals surface area contributed by atoms with Crippen LogP contribution >= 0.6 is 15.9 Å². The van der Waals surface area contributed by atoms with Crippen LogP contribution in [0, 0.1) is 0 Å². The van der Waals surface area contributed by atoms with E-state index in [0.29, 0.717) is 0 Å². The molecule has 2 fully saturated rings. The van der Waals surface area contributed by atoms with Gasteiger partial charge in [0, 0.05) is 23.1 Å². The average Bonchev–Trinajstić information content (AvgIpc) is 3.03. The van der Waals surface area contributed by atoms with Crippen molar-refractivity contribution in [1.29, 1.82) is 0 Å². The summed E-state index contributed by atoms with van der Waals surface area (Å²) in [5, 5.41) is 10.3. The standard InChI is InChI=1S/C14H18BrNO/c15-11-6-2-1-5-10(11)14(17)9-16-12-7-3-4-8-13(12)16/h1-2,5-6,12-14,17H,3-4,7-9H2. The highest BCUT2D eigenvalue weighted by molar-refractivity contribution is 9.10. The van der Waals surface area contributed by atoms with Crippen LogP contribution in [0.4, 0.5) is 0 Å². The van der Waals surface area contributed by atoms with Crippen LogP contribution in [0.25, 0.3) is 0 Å². The van der Waals surface area contributed by atoms with Gasteiger partial charge in [0.1, 0.15) is 0 Å². The number of aliphatic hydroxyl groups is 1. The zero-order chi connectivity index (χ0) is 11.8. The first kappa shape index (κ1) is 11.7. The molecular weight excluding hydrogens is 278 g/mol. The van der Waals surface area contributed by atoms with Crippen LogP contribution in [0.5, 0.6) is 0 Å². The summed E-state index contributed by atoms with van der Waals surface area (Å²) in [6.07, 6.45) is 5.02. The lowest BCUT2D eigenvalue weighted by atomic mass is 10.0. The molecule has 3 heteroatoms. The van der Waals surface area contributed by atoms with Crippen LogP contribution in [-0.2, 0) is 0 Å². The highest BCUT2D eigenvalue weighted by Gasteiger charge is 2.48. The average molecular weight is 296 g/mol. The van der Waals surface area contributed by atoms with Gasteiger partial charge in [-0.05, 0) is 24.5 Å². The molecule has 0 bridgehead atoms. The molecule has 3 atom stereocenters. The largest absolute Gasteiger partial charge is 0.387 e. The minimum Gasteiger partial charge on any atom is -0.387 e. The Morgan fingerprint density at radius 1 is 1.24 bits per heavy atom. The van der Waals surface area contributed by atoms with Crippen molar-refractivity contribution < 1.29 is 5.11 Å². The monoisotopic (exact) mass is 295 g/mol. The summed E-state index contributed by atoms with van der Waals surface area (Å²) < 4.78 is 1.01. The Bertz CT molecular complexity index is 397. The third kappa shape index (κ3) is 2.28. The van der Waals surface area contributed by atoms with E-state index >= 15 is 0 Å². The Morgan fingerprint density at radius 2 is 1.88 bits per heavy atom. The number of nitrogens with zero attached hydrogens (tertiary/aromatic N) is 1. The zero-order valence-corrected chi connectivity index (χ0v) is 11.4. The number of likely N-dealkylation sites (tertiary alicyclic amines) is 1. The minimum absolute atomic E-state index is 0.365. The van der Waals surface area contributed by atoms with Crippen LogP contribution in [0.15, 0.2) is 28.7 Å². The molecular formula is C14H18BrNO. The molecule has 3 rings (SSSR count). The van der Waals surface area contributed by atoms with Crippen molar-refractivity contribution >= 4 is 15.9 Å². The lowest BCUT2D eigenvalue weighted by Gasteiger charge is -2.14. The van der Waals surface area contributed by atoms with E-state index in [4.69, 9.17) is 0 Å². The molecule has 0 spiro atoms. The first-order valence-electron chi connectivity index (χ1n) is 6.45. The quantitative estimate of drug-likeness (QED) is 0.866. The van der Waals surface area contributed by atoms with Crippen molar-refractivity contribution in [3.05, 3.63) is 34.3 Å². The molecule has 1 saturated carbocycles. The lowest BCUT2D eigenvalue weighted by molar-refractivity contribution is 0.149. The fraction of sp³-hybridized carbons (Fsp3) is 0.571. The zero-order valence-electron chi connectivity index (χ0n) is 9.85.